The minimum Gasteiger partial charge on any atom is -0.495 e. The Morgan fingerprint density at radius 2 is 1.72 bits per heavy atom. The molecule has 0 radical (unpaired) electrons. The number of ether oxygens (including phenoxy) is 2. The van der Waals surface area contributed by atoms with Gasteiger partial charge in [-0.3, -0.25) is 0 Å². The van der Waals surface area contributed by atoms with E-state index in [0.717, 1.165) is 25.3 Å². The number of halogens is 3. The van der Waals surface area contributed by atoms with E-state index in [9.17, 15) is 27.9 Å². The maximum atomic E-state index is 13.5. The van der Waals surface area contributed by atoms with Crippen LogP contribution in [0.5, 0.6) is 5.75 Å². The predicted octanol–water partition coefficient (Wildman–Crippen LogP) is 3.65. The summed E-state index contributed by atoms with van der Waals surface area (Å²) in [5, 5.41) is 15.1. The van der Waals surface area contributed by atoms with Gasteiger partial charge in [-0.25, -0.2) is 9.59 Å². The number of alkyl halides is 3. The van der Waals surface area contributed by atoms with Crippen LogP contribution < -0.4 is 15.4 Å². The summed E-state index contributed by atoms with van der Waals surface area (Å²) in [5.74, 6) is -2.06. The first-order valence-corrected chi connectivity index (χ1v) is 8.41. The molecule has 0 spiro atoms. The number of esters is 1. The molecule has 2 aromatic carbocycles. The van der Waals surface area contributed by atoms with E-state index in [1.54, 1.807) is 30.3 Å². The molecule has 0 saturated carbocycles. The minimum atomic E-state index is -5.34. The van der Waals surface area contributed by atoms with Gasteiger partial charge in [-0.15, -0.1) is 0 Å². The van der Waals surface area contributed by atoms with E-state index in [4.69, 9.17) is 4.74 Å². The second-order valence-corrected chi connectivity index (χ2v) is 5.79. The lowest BCUT2D eigenvalue weighted by molar-refractivity contribution is -0.267. The van der Waals surface area contributed by atoms with Crippen LogP contribution in [0.15, 0.2) is 48.5 Å². The molecule has 2 aromatic rings. The fourth-order valence-electron chi connectivity index (χ4n) is 2.46. The van der Waals surface area contributed by atoms with Crippen molar-refractivity contribution < 1.29 is 37.3 Å². The number of carbonyl (C=O) groups is 2. The number of para-hydroxylation sites is 1. The van der Waals surface area contributed by atoms with Crippen LogP contribution in [0.2, 0.25) is 0 Å². The predicted molar refractivity (Wildman–Crippen MR) is 98.7 cm³/mol. The summed E-state index contributed by atoms with van der Waals surface area (Å²) >= 11 is 0. The lowest BCUT2D eigenvalue weighted by Crippen LogP contribution is -2.50. The second-order valence-electron chi connectivity index (χ2n) is 5.79. The summed E-state index contributed by atoms with van der Waals surface area (Å²) in [6.45, 7) is 0.960. The van der Waals surface area contributed by atoms with Crippen molar-refractivity contribution in [3.8, 4) is 5.75 Å². The fourth-order valence-corrected chi connectivity index (χ4v) is 2.46. The maximum Gasteiger partial charge on any atom is 0.432 e. The van der Waals surface area contributed by atoms with Gasteiger partial charge in [0.25, 0.3) is 5.60 Å². The molecule has 29 heavy (non-hydrogen) atoms. The molecule has 2 amide bonds. The Kier molecular flexibility index (Phi) is 6.70. The average molecular weight is 412 g/mol. The molecule has 0 aromatic heterocycles. The highest BCUT2D eigenvalue weighted by atomic mass is 19.4. The van der Waals surface area contributed by atoms with Crippen LogP contribution in [0, 0.1) is 0 Å². The van der Waals surface area contributed by atoms with Crippen LogP contribution in [0.1, 0.15) is 12.5 Å². The first kappa shape index (κ1) is 22.0. The van der Waals surface area contributed by atoms with Gasteiger partial charge >= 0.3 is 18.2 Å². The molecule has 1 atom stereocenters. The number of rotatable bonds is 6. The van der Waals surface area contributed by atoms with Crippen molar-refractivity contribution in [3.63, 3.8) is 0 Å². The van der Waals surface area contributed by atoms with E-state index in [1.807, 2.05) is 0 Å². The normalized spacial score (nSPS) is 13.2. The molecular weight excluding hydrogens is 393 g/mol. The van der Waals surface area contributed by atoms with Crippen LogP contribution >= 0.6 is 0 Å². The molecule has 0 heterocycles. The fraction of sp³-hybridized carbons (Fsp3) is 0.263. The molecule has 10 heteroatoms. The topological polar surface area (TPSA) is 96.9 Å². The van der Waals surface area contributed by atoms with E-state index in [0.29, 0.717) is 5.69 Å². The first-order chi connectivity index (χ1) is 13.6. The highest BCUT2D eigenvalue weighted by molar-refractivity contribution is 6.00. The summed E-state index contributed by atoms with van der Waals surface area (Å²) in [6, 6.07) is 10.5. The van der Waals surface area contributed by atoms with E-state index in [-0.39, 0.29) is 18.0 Å². The van der Waals surface area contributed by atoms with Gasteiger partial charge in [0.05, 0.1) is 19.4 Å². The summed E-state index contributed by atoms with van der Waals surface area (Å²) < 4.78 is 49.8. The Labute approximate surface area is 164 Å². The van der Waals surface area contributed by atoms with Crippen molar-refractivity contribution >= 4 is 23.4 Å². The summed E-state index contributed by atoms with van der Waals surface area (Å²) in [5.41, 5.74) is -4.18. The quantitative estimate of drug-likeness (QED) is 0.630. The average Bonchev–Trinajstić information content (AvgIpc) is 2.67. The lowest BCUT2D eigenvalue weighted by atomic mass is 9.92. The number of aliphatic hydroxyl groups is 1. The third-order valence-electron chi connectivity index (χ3n) is 3.88. The van der Waals surface area contributed by atoms with Crippen LogP contribution in [0.3, 0.4) is 0 Å². The Morgan fingerprint density at radius 1 is 1.07 bits per heavy atom. The van der Waals surface area contributed by atoms with Gasteiger partial charge in [-0.05, 0) is 31.2 Å². The molecule has 2 rings (SSSR count). The van der Waals surface area contributed by atoms with Crippen molar-refractivity contribution in [1.82, 2.24) is 0 Å². The first-order valence-electron chi connectivity index (χ1n) is 8.41. The number of methoxy groups -OCH3 is 1. The molecule has 3 N–H and O–H groups in total. The Morgan fingerprint density at radius 3 is 2.28 bits per heavy atom. The highest BCUT2D eigenvalue weighted by Crippen LogP contribution is 2.42. The molecular formula is C19H19F3N2O5. The molecule has 0 fully saturated rings. The number of hydrogen-bond acceptors (Lipinski definition) is 5. The second kappa shape index (κ2) is 8.82. The number of anilines is 2. The third kappa shape index (κ3) is 4.77. The van der Waals surface area contributed by atoms with E-state index >= 15 is 0 Å². The number of carbonyl (C=O) groups excluding carboxylic acids is 2. The standard InChI is InChI=1S/C19H19F3N2O5/c1-3-29-16(25)18(27,19(20,21)22)12-9-10-14(15(11-12)28-2)24-17(26)23-13-7-5-4-6-8-13/h4-11,27H,3H2,1-2H3,(H2,23,24,26). The van der Waals surface area contributed by atoms with E-state index < -0.39 is 29.3 Å². The molecule has 0 aliphatic rings. The molecule has 0 saturated heterocycles. The zero-order valence-corrected chi connectivity index (χ0v) is 15.5. The largest absolute Gasteiger partial charge is 0.495 e. The van der Waals surface area contributed by atoms with Crippen molar-refractivity contribution in [1.29, 1.82) is 0 Å². The van der Waals surface area contributed by atoms with Crippen molar-refractivity contribution in [2.45, 2.75) is 18.7 Å². The van der Waals surface area contributed by atoms with Crippen LogP contribution in [-0.2, 0) is 15.1 Å². The number of nitrogens with one attached hydrogen (secondary N) is 2. The Balaban J connectivity index is 2.33. The van der Waals surface area contributed by atoms with E-state index in [2.05, 4.69) is 15.4 Å². The summed E-state index contributed by atoms with van der Waals surface area (Å²) in [6.07, 6.45) is -5.34. The number of amides is 2. The summed E-state index contributed by atoms with van der Waals surface area (Å²) in [4.78, 5) is 24.0. The lowest BCUT2D eigenvalue weighted by Gasteiger charge is -2.29. The minimum absolute atomic E-state index is 0.0260. The van der Waals surface area contributed by atoms with Crippen molar-refractivity contribution in [2.24, 2.45) is 0 Å². The third-order valence-corrected chi connectivity index (χ3v) is 3.88. The SMILES string of the molecule is CCOC(=O)C(O)(c1ccc(NC(=O)Nc2ccccc2)c(OC)c1)C(F)(F)F. The van der Waals surface area contributed by atoms with Crippen molar-refractivity contribution in [2.75, 3.05) is 24.4 Å². The van der Waals surface area contributed by atoms with Gasteiger partial charge in [-0.1, -0.05) is 24.3 Å². The highest BCUT2D eigenvalue weighted by Gasteiger charge is 2.62. The van der Waals surface area contributed by atoms with Gasteiger partial charge in [0.2, 0.25) is 0 Å². The smallest absolute Gasteiger partial charge is 0.432 e. The maximum absolute atomic E-state index is 13.5. The monoisotopic (exact) mass is 412 g/mol. The number of hydrogen-bond donors (Lipinski definition) is 3. The van der Waals surface area contributed by atoms with Gasteiger partial charge in [0.15, 0.2) is 0 Å². The summed E-state index contributed by atoms with van der Waals surface area (Å²) in [7, 11) is 1.16. The zero-order valence-electron chi connectivity index (χ0n) is 15.5. The van der Waals surface area contributed by atoms with Gasteiger partial charge < -0.3 is 25.2 Å². The molecule has 156 valence electrons. The van der Waals surface area contributed by atoms with Crippen molar-refractivity contribution in [3.05, 3.63) is 54.1 Å². The van der Waals surface area contributed by atoms with Gasteiger partial charge in [-0.2, -0.15) is 13.2 Å². The Hall–Kier alpha value is -3.27. The number of urea groups is 1. The molecule has 0 aliphatic carbocycles. The van der Waals surface area contributed by atoms with Crippen LogP contribution in [0.25, 0.3) is 0 Å². The molecule has 0 aliphatic heterocycles. The van der Waals surface area contributed by atoms with Gasteiger partial charge in [0, 0.05) is 11.3 Å². The Bertz CT molecular complexity index is 874. The zero-order chi connectivity index (χ0) is 21.7. The molecule has 0 bridgehead atoms. The van der Waals surface area contributed by atoms with Crippen LogP contribution in [-0.4, -0.2) is 37.0 Å². The molecule has 1 unspecified atom stereocenters. The van der Waals surface area contributed by atoms with Crippen LogP contribution in [0.4, 0.5) is 29.3 Å². The number of benzene rings is 2. The van der Waals surface area contributed by atoms with Gasteiger partial charge in [0.1, 0.15) is 5.75 Å². The molecule has 7 nitrogen and oxygen atoms in total. The van der Waals surface area contributed by atoms with E-state index in [1.165, 1.54) is 6.92 Å².